The maximum Gasteiger partial charge on any atom is 0.264 e. The highest BCUT2D eigenvalue weighted by molar-refractivity contribution is 5.93. The lowest BCUT2D eigenvalue weighted by atomic mass is 9.67. The summed E-state index contributed by atoms with van der Waals surface area (Å²) in [6.07, 6.45) is 5.64. The summed E-state index contributed by atoms with van der Waals surface area (Å²) in [6.45, 7) is 1.01. The van der Waals surface area contributed by atoms with Crippen LogP contribution in [-0.4, -0.2) is 51.1 Å². The molecule has 1 spiro atoms. The van der Waals surface area contributed by atoms with Crippen LogP contribution in [0.3, 0.4) is 0 Å². The third-order valence-electron chi connectivity index (χ3n) is 6.11. The minimum absolute atomic E-state index is 0.0488. The molecule has 2 aromatic rings. The zero-order valence-electron chi connectivity index (χ0n) is 16.1. The van der Waals surface area contributed by atoms with Crippen LogP contribution < -0.4 is 10.9 Å². The van der Waals surface area contributed by atoms with Gasteiger partial charge in [-0.2, -0.15) is 5.10 Å². The van der Waals surface area contributed by atoms with Crippen LogP contribution in [-0.2, 0) is 11.2 Å². The maximum absolute atomic E-state index is 13.0. The number of amides is 2. The fourth-order valence-electron chi connectivity index (χ4n) is 4.42. The van der Waals surface area contributed by atoms with Crippen molar-refractivity contribution in [3.05, 3.63) is 58.0 Å². The van der Waals surface area contributed by atoms with Crippen molar-refractivity contribution in [2.75, 3.05) is 13.1 Å². The van der Waals surface area contributed by atoms with Crippen molar-refractivity contribution in [1.82, 2.24) is 20.4 Å². The molecule has 1 atom stereocenters. The summed E-state index contributed by atoms with van der Waals surface area (Å²) in [5.74, 6) is -0.316. The molecule has 0 radical (unpaired) electrons. The molecule has 2 aliphatic rings. The van der Waals surface area contributed by atoms with Gasteiger partial charge in [-0.1, -0.05) is 24.6 Å². The van der Waals surface area contributed by atoms with E-state index >= 15 is 0 Å². The average Bonchev–Trinajstić information content (AvgIpc) is 3.09. The number of rotatable bonds is 5. The number of benzene rings is 1. The first-order valence-corrected chi connectivity index (χ1v) is 9.85. The molecule has 1 unspecified atom stereocenters. The second kappa shape index (κ2) is 7.69. The lowest BCUT2D eigenvalue weighted by Gasteiger charge is -2.37. The van der Waals surface area contributed by atoms with Crippen LogP contribution in [0.25, 0.3) is 0 Å². The highest BCUT2D eigenvalue weighted by Crippen LogP contribution is 2.50. The summed E-state index contributed by atoms with van der Waals surface area (Å²) in [5.41, 5.74) is 0.503. The Kier molecular flexibility index (Phi) is 5.08. The molecule has 1 saturated heterocycles. The zero-order valence-corrected chi connectivity index (χ0v) is 16.1. The number of hydrogen-bond donors (Lipinski definition) is 3. The first-order chi connectivity index (χ1) is 14.0. The van der Waals surface area contributed by atoms with E-state index < -0.39 is 5.56 Å². The Bertz CT molecular complexity index is 982. The van der Waals surface area contributed by atoms with Crippen molar-refractivity contribution in [3.63, 3.8) is 0 Å². The topological polar surface area (TPSA) is 115 Å². The zero-order chi connectivity index (χ0) is 20.4. The van der Waals surface area contributed by atoms with Crippen molar-refractivity contribution < 1.29 is 14.7 Å². The van der Waals surface area contributed by atoms with Crippen molar-refractivity contribution in [3.8, 4) is 5.75 Å². The molecular formula is C21H24N4O4. The molecule has 152 valence electrons. The van der Waals surface area contributed by atoms with Gasteiger partial charge in [-0.3, -0.25) is 14.4 Å². The summed E-state index contributed by atoms with van der Waals surface area (Å²) < 4.78 is 0. The van der Waals surface area contributed by atoms with Crippen LogP contribution in [0.2, 0.25) is 0 Å². The second-order valence-electron chi connectivity index (χ2n) is 8.08. The van der Waals surface area contributed by atoms with E-state index in [1.807, 2.05) is 4.90 Å². The fourth-order valence-corrected chi connectivity index (χ4v) is 4.42. The number of H-pyrrole nitrogens is 1. The Hall–Kier alpha value is -3.16. The van der Waals surface area contributed by atoms with E-state index in [0.29, 0.717) is 18.7 Å². The van der Waals surface area contributed by atoms with Gasteiger partial charge in [0.1, 0.15) is 5.75 Å². The minimum Gasteiger partial charge on any atom is -0.508 e. The van der Waals surface area contributed by atoms with Crippen LogP contribution in [0.5, 0.6) is 5.75 Å². The highest BCUT2D eigenvalue weighted by atomic mass is 16.3. The van der Waals surface area contributed by atoms with Gasteiger partial charge in [-0.05, 0) is 30.7 Å². The quantitative estimate of drug-likeness (QED) is 0.703. The van der Waals surface area contributed by atoms with Gasteiger partial charge in [0.05, 0.1) is 18.2 Å². The Balaban J connectivity index is 1.45. The van der Waals surface area contributed by atoms with Crippen molar-refractivity contribution in [2.45, 2.75) is 38.1 Å². The van der Waals surface area contributed by atoms with E-state index in [9.17, 15) is 19.5 Å². The number of nitrogens with zero attached hydrogens (tertiary/aromatic N) is 2. The maximum atomic E-state index is 13.0. The monoisotopic (exact) mass is 396 g/mol. The predicted octanol–water partition coefficient (Wildman–Crippen LogP) is 1.22. The van der Waals surface area contributed by atoms with Crippen LogP contribution in [0, 0.1) is 5.41 Å². The van der Waals surface area contributed by atoms with Crippen LogP contribution in [0.1, 0.15) is 41.6 Å². The number of likely N-dealkylation sites (tertiary alicyclic amines) is 1. The normalized spacial score (nSPS) is 19.7. The molecule has 29 heavy (non-hydrogen) atoms. The molecule has 1 aliphatic carbocycles. The van der Waals surface area contributed by atoms with E-state index in [-0.39, 0.29) is 41.0 Å². The van der Waals surface area contributed by atoms with Gasteiger partial charge in [-0.15, -0.1) is 0 Å². The molecule has 1 aliphatic heterocycles. The minimum atomic E-state index is -0.439. The standard InChI is InChI=1S/C21H24N4O4/c26-17-5-2-1-4-14(17)9-19(28)25-13-21(6-3-7-21)10-16(25)12-22-20(29)15-8-18(27)24-23-11-15/h1-2,4-5,8,11,16,26H,3,6-7,9-10,12-13H2,(H,22,29)(H,24,27). The first-order valence-electron chi connectivity index (χ1n) is 9.85. The summed E-state index contributed by atoms with van der Waals surface area (Å²) >= 11 is 0. The van der Waals surface area contributed by atoms with Crippen molar-refractivity contribution in [1.29, 1.82) is 0 Å². The molecule has 8 nitrogen and oxygen atoms in total. The van der Waals surface area contributed by atoms with Crippen LogP contribution in [0.4, 0.5) is 0 Å². The Morgan fingerprint density at radius 2 is 2.10 bits per heavy atom. The molecule has 0 bridgehead atoms. The predicted molar refractivity (Wildman–Crippen MR) is 105 cm³/mol. The highest BCUT2D eigenvalue weighted by Gasteiger charge is 2.48. The molecular weight excluding hydrogens is 372 g/mol. The van der Waals surface area contributed by atoms with Gasteiger partial charge in [-0.25, -0.2) is 5.10 Å². The molecule has 3 N–H and O–H groups in total. The molecule has 8 heteroatoms. The number of aromatic hydroxyl groups is 1. The summed E-state index contributed by atoms with van der Waals surface area (Å²) in [6, 6.07) is 7.95. The first kappa shape index (κ1) is 19.2. The Morgan fingerprint density at radius 3 is 2.79 bits per heavy atom. The Morgan fingerprint density at radius 1 is 1.31 bits per heavy atom. The van der Waals surface area contributed by atoms with Crippen molar-refractivity contribution in [2.24, 2.45) is 5.41 Å². The lowest BCUT2D eigenvalue weighted by Crippen LogP contribution is -2.44. The smallest absolute Gasteiger partial charge is 0.264 e. The molecule has 1 saturated carbocycles. The van der Waals surface area contributed by atoms with Gasteiger partial charge in [0, 0.05) is 30.8 Å². The number of nitrogens with one attached hydrogen (secondary N) is 2. The van der Waals surface area contributed by atoms with Gasteiger partial charge >= 0.3 is 0 Å². The Labute approximate surface area is 167 Å². The molecule has 2 amide bonds. The van der Waals surface area contributed by atoms with Crippen LogP contribution in [0.15, 0.2) is 41.3 Å². The number of aromatic nitrogens is 2. The van der Waals surface area contributed by atoms with Gasteiger partial charge in [0.25, 0.3) is 11.5 Å². The van der Waals surface area contributed by atoms with Crippen molar-refractivity contribution >= 4 is 11.8 Å². The van der Waals surface area contributed by atoms with E-state index in [1.54, 1.807) is 24.3 Å². The van der Waals surface area contributed by atoms with Gasteiger partial charge in [0.2, 0.25) is 5.91 Å². The number of phenols is 1. The third-order valence-corrected chi connectivity index (χ3v) is 6.11. The molecule has 2 fully saturated rings. The van der Waals surface area contributed by atoms with E-state index in [4.69, 9.17) is 0 Å². The number of para-hydroxylation sites is 1. The summed E-state index contributed by atoms with van der Waals surface area (Å²) in [5, 5.41) is 18.7. The summed E-state index contributed by atoms with van der Waals surface area (Å²) in [7, 11) is 0. The average molecular weight is 396 g/mol. The van der Waals surface area contributed by atoms with Gasteiger partial charge in [0.15, 0.2) is 0 Å². The third kappa shape index (κ3) is 4.01. The van der Waals surface area contributed by atoms with E-state index in [0.717, 1.165) is 19.3 Å². The summed E-state index contributed by atoms with van der Waals surface area (Å²) in [4.78, 5) is 38.6. The fraction of sp³-hybridized carbons (Fsp3) is 0.429. The molecule has 2 heterocycles. The molecule has 1 aromatic carbocycles. The van der Waals surface area contributed by atoms with Gasteiger partial charge < -0.3 is 15.3 Å². The molecule has 1 aromatic heterocycles. The number of carbonyl (C=O) groups excluding carboxylic acids is 2. The number of carbonyl (C=O) groups is 2. The SMILES string of the molecule is O=C(NCC1CC2(CCC2)CN1C(=O)Cc1ccccc1O)c1cn[nH]c(=O)c1. The second-order valence-corrected chi connectivity index (χ2v) is 8.08. The van der Waals surface area contributed by atoms with E-state index in [2.05, 4.69) is 15.5 Å². The van der Waals surface area contributed by atoms with Crippen LogP contribution >= 0.6 is 0 Å². The number of hydrogen-bond acceptors (Lipinski definition) is 5. The molecule has 4 rings (SSSR count). The number of phenolic OH excluding ortho intramolecular Hbond substituents is 1. The lowest BCUT2D eigenvalue weighted by molar-refractivity contribution is -0.131. The van der Waals surface area contributed by atoms with E-state index in [1.165, 1.54) is 18.7 Å². The number of aromatic amines is 1. The largest absolute Gasteiger partial charge is 0.508 e.